The van der Waals surface area contributed by atoms with E-state index in [0.717, 1.165) is 6.42 Å². The molecule has 0 aromatic carbocycles. The summed E-state index contributed by atoms with van der Waals surface area (Å²) in [6.45, 7) is 3.34. The lowest BCUT2D eigenvalue weighted by atomic mass is 10.1. The van der Waals surface area contributed by atoms with Crippen LogP contribution in [-0.2, 0) is 9.59 Å². The predicted octanol–water partition coefficient (Wildman–Crippen LogP) is -0.992. The number of aliphatic hydroxyl groups excluding tert-OH is 1. The first-order valence-electron chi connectivity index (χ1n) is 6.23. The van der Waals surface area contributed by atoms with Crippen LogP contribution >= 0.6 is 0 Å². The zero-order valence-electron chi connectivity index (χ0n) is 10.9. The quantitative estimate of drug-likeness (QED) is 0.471. The first-order chi connectivity index (χ1) is 8.35. The highest BCUT2D eigenvalue weighted by Crippen LogP contribution is 2.37. The van der Waals surface area contributed by atoms with Crippen molar-refractivity contribution in [1.29, 1.82) is 0 Å². The molecule has 0 aromatic rings. The van der Waals surface area contributed by atoms with Crippen LogP contribution in [0.25, 0.3) is 0 Å². The summed E-state index contributed by atoms with van der Waals surface area (Å²) < 4.78 is 0. The van der Waals surface area contributed by atoms with E-state index in [1.54, 1.807) is 0 Å². The SMILES string of the molecule is CC1CC1C(=O)NCCC(=O)NCC(C)(O)CO. The van der Waals surface area contributed by atoms with Crippen molar-refractivity contribution >= 4 is 11.8 Å². The Balaban J connectivity index is 2.08. The minimum atomic E-state index is -1.30. The Hall–Kier alpha value is -1.14. The lowest BCUT2D eigenvalue weighted by Gasteiger charge is -2.20. The Morgan fingerprint density at radius 2 is 2.00 bits per heavy atom. The minimum Gasteiger partial charge on any atom is -0.393 e. The smallest absolute Gasteiger partial charge is 0.223 e. The van der Waals surface area contributed by atoms with Crippen molar-refractivity contribution in [3.8, 4) is 0 Å². The number of nitrogens with one attached hydrogen (secondary N) is 2. The molecule has 0 bridgehead atoms. The van der Waals surface area contributed by atoms with Crippen molar-refractivity contribution in [2.75, 3.05) is 19.7 Å². The van der Waals surface area contributed by atoms with Crippen LogP contribution in [0.3, 0.4) is 0 Å². The highest BCUT2D eigenvalue weighted by Gasteiger charge is 2.38. The molecule has 0 aromatic heterocycles. The predicted molar refractivity (Wildman–Crippen MR) is 65.6 cm³/mol. The van der Waals surface area contributed by atoms with Gasteiger partial charge in [0, 0.05) is 25.4 Å². The van der Waals surface area contributed by atoms with Gasteiger partial charge in [-0.25, -0.2) is 0 Å². The molecule has 0 aliphatic heterocycles. The van der Waals surface area contributed by atoms with Crippen LogP contribution < -0.4 is 10.6 Å². The van der Waals surface area contributed by atoms with E-state index >= 15 is 0 Å². The van der Waals surface area contributed by atoms with Gasteiger partial charge in [0.25, 0.3) is 0 Å². The normalized spacial score (nSPS) is 25.1. The van der Waals surface area contributed by atoms with Crippen LogP contribution in [0.1, 0.15) is 26.7 Å². The van der Waals surface area contributed by atoms with E-state index in [1.165, 1.54) is 6.92 Å². The van der Waals surface area contributed by atoms with Crippen molar-refractivity contribution < 1.29 is 19.8 Å². The maximum absolute atomic E-state index is 11.4. The number of carbonyl (C=O) groups is 2. The number of amides is 2. The van der Waals surface area contributed by atoms with Crippen molar-refractivity contribution in [2.24, 2.45) is 11.8 Å². The molecule has 2 amide bonds. The van der Waals surface area contributed by atoms with Gasteiger partial charge in [-0.3, -0.25) is 9.59 Å². The van der Waals surface area contributed by atoms with Crippen molar-refractivity contribution in [1.82, 2.24) is 10.6 Å². The first-order valence-corrected chi connectivity index (χ1v) is 6.23. The summed E-state index contributed by atoms with van der Waals surface area (Å²) in [5.74, 6) is 0.326. The standard InChI is InChI=1S/C12H22N2O4/c1-8-5-9(8)11(17)13-4-3-10(16)14-6-12(2,18)7-15/h8-9,15,18H,3-7H2,1-2H3,(H,13,17)(H,14,16). The van der Waals surface area contributed by atoms with Gasteiger partial charge in [0.05, 0.1) is 6.61 Å². The maximum atomic E-state index is 11.4. The molecule has 0 heterocycles. The van der Waals surface area contributed by atoms with Crippen molar-refractivity contribution in [3.05, 3.63) is 0 Å². The van der Waals surface area contributed by atoms with E-state index in [4.69, 9.17) is 5.11 Å². The van der Waals surface area contributed by atoms with Crippen molar-refractivity contribution in [3.63, 3.8) is 0 Å². The summed E-state index contributed by atoms with van der Waals surface area (Å²) in [6, 6.07) is 0. The second-order valence-corrected chi connectivity index (χ2v) is 5.29. The third kappa shape index (κ3) is 5.01. The van der Waals surface area contributed by atoms with Crippen LogP contribution in [0.4, 0.5) is 0 Å². The number of carbonyl (C=O) groups excluding carboxylic acids is 2. The number of hydrogen-bond donors (Lipinski definition) is 4. The lowest BCUT2D eigenvalue weighted by molar-refractivity contribution is -0.123. The van der Waals surface area contributed by atoms with Gasteiger partial charge < -0.3 is 20.8 Å². The van der Waals surface area contributed by atoms with Crippen LogP contribution in [0, 0.1) is 11.8 Å². The average Bonchev–Trinajstić information content (AvgIpc) is 3.04. The summed E-state index contributed by atoms with van der Waals surface area (Å²) >= 11 is 0. The summed E-state index contributed by atoms with van der Waals surface area (Å²) in [5, 5.41) is 23.5. The molecule has 0 spiro atoms. The molecule has 0 saturated heterocycles. The first kappa shape index (κ1) is 14.9. The molecule has 1 rings (SSSR count). The molecule has 18 heavy (non-hydrogen) atoms. The summed E-state index contributed by atoms with van der Waals surface area (Å²) in [5.41, 5.74) is -1.30. The highest BCUT2D eigenvalue weighted by molar-refractivity contribution is 5.82. The Kier molecular flexibility index (Phi) is 5.10. The molecule has 1 aliphatic carbocycles. The molecule has 4 N–H and O–H groups in total. The van der Waals surface area contributed by atoms with Gasteiger partial charge in [-0.15, -0.1) is 0 Å². The maximum Gasteiger partial charge on any atom is 0.223 e. The topological polar surface area (TPSA) is 98.7 Å². The molecule has 3 atom stereocenters. The monoisotopic (exact) mass is 258 g/mol. The highest BCUT2D eigenvalue weighted by atomic mass is 16.3. The third-order valence-electron chi connectivity index (χ3n) is 3.10. The molecule has 1 aliphatic rings. The van der Waals surface area contributed by atoms with E-state index in [1.807, 2.05) is 6.92 Å². The summed E-state index contributed by atoms with van der Waals surface area (Å²) in [7, 11) is 0. The van der Waals surface area contributed by atoms with E-state index in [2.05, 4.69) is 10.6 Å². The van der Waals surface area contributed by atoms with Gasteiger partial charge in [-0.05, 0) is 19.3 Å². The molecule has 3 unspecified atom stereocenters. The molecular formula is C12H22N2O4. The van der Waals surface area contributed by atoms with Gasteiger partial charge in [-0.2, -0.15) is 0 Å². The Morgan fingerprint density at radius 3 is 2.50 bits per heavy atom. The third-order valence-corrected chi connectivity index (χ3v) is 3.10. The molecule has 0 radical (unpaired) electrons. The largest absolute Gasteiger partial charge is 0.393 e. The van der Waals surface area contributed by atoms with Crippen LogP contribution in [0.2, 0.25) is 0 Å². The molecule has 1 saturated carbocycles. The van der Waals surface area contributed by atoms with Crippen LogP contribution in [-0.4, -0.2) is 47.3 Å². The average molecular weight is 258 g/mol. The van der Waals surface area contributed by atoms with Crippen LogP contribution in [0.5, 0.6) is 0 Å². The van der Waals surface area contributed by atoms with Gasteiger partial charge in [-0.1, -0.05) is 6.92 Å². The van der Waals surface area contributed by atoms with Gasteiger partial charge in [0.15, 0.2) is 0 Å². The van der Waals surface area contributed by atoms with Crippen LogP contribution in [0.15, 0.2) is 0 Å². The number of rotatable bonds is 7. The molecule has 6 nitrogen and oxygen atoms in total. The van der Waals surface area contributed by atoms with E-state index in [9.17, 15) is 14.7 Å². The zero-order valence-corrected chi connectivity index (χ0v) is 10.9. The fraction of sp³-hybridized carbons (Fsp3) is 0.833. The van der Waals surface area contributed by atoms with E-state index in [0.29, 0.717) is 12.5 Å². The Morgan fingerprint density at radius 1 is 1.39 bits per heavy atom. The van der Waals surface area contributed by atoms with Gasteiger partial charge in [0.1, 0.15) is 5.60 Å². The molecule has 104 valence electrons. The zero-order chi connectivity index (χ0) is 13.8. The lowest BCUT2D eigenvalue weighted by Crippen LogP contribution is -2.43. The fourth-order valence-corrected chi connectivity index (χ4v) is 1.55. The molecule has 6 heteroatoms. The second-order valence-electron chi connectivity index (χ2n) is 5.29. The van der Waals surface area contributed by atoms with E-state index < -0.39 is 12.2 Å². The van der Waals surface area contributed by atoms with Crippen molar-refractivity contribution in [2.45, 2.75) is 32.3 Å². The number of hydrogen-bond acceptors (Lipinski definition) is 4. The molecule has 1 fully saturated rings. The Labute approximate surface area is 107 Å². The molecular weight excluding hydrogens is 236 g/mol. The summed E-state index contributed by atoms with van der Waals surface area (Å²) in [4.78, 5) is 22.8. The van der Waals surface area contributed by atoms with E-state index in [-0.39, 0.29) is 30.7 Å². The fourth-order valence-electron chi connectivity index (χ4n) is 1.55. The number of aliphatic hydroxyl groups is 2. The Bertz CT molecular complexity index is 317. The second kappa shape index (κ2) is 6.15. The van der Waals surface area contributed by atoms with Gasteiger partial charge in [0.2, 0.25) is 11.8 Å². The minimum absolute atomic E-state index is 0.00403. The summed E-state index contributed by atoms with van der Waals surface area (Å²) in [6.07, 6.45) is 1.10. The van der Waals surface area contributed by atoms with Gasteiger partial charge >= 0.3 is 0 Å².